The Balaban J connectivity index is 1.70. The third-order valence-electron chi connectivity index (χ3n) is 6.31. The largest absolute Gasteiger partial charge is 0.497 e. The molecule has 1 aliphatic heterocycles. The van der Waals surface area contributed by atoms with Gasteiger partial charge in [0.05, 0.1) is 7.11 Å². The van der Waals surface area contributed by atoms with E-state index in [4.69, 9.17) is 9.47 Å². The topological polar surface area (TPSA) is 18.5 Å². The van der Waals surface area contributed by atoms with Gasteiger partial charge >= 0.3 is 0 Å². The Morgan fingerprint density at radius 1 is 0.800 bits per heavy atom. The Kier molecular flexibility index (Phi) is 3.92. The van der Waals surface area contributed by atoms with Crippen molar-refractivity contribution in [2.75, 3.05) is 13.7 Å². The first-order valence-electron chi connectivity index (χ1n) is 10.5. The summed E-state index contributed by atoms with van der Waals surface area (Å²) in [6.07, 6.45) is 11.0. The van der Waals surface area contributed by atoms with Crippen molar-refractivity contribution in [1.82, 2.24) is 0 Å². The minimum absolute atomic E-state index is 0.633. The van der Waals surface area contributed by atoms with Crippen LogP contribution in [0.1, 0.15) is 23.1 Å². The summed E-state index contributed by atoms with van der Waals surface area (Å²) in [6, 6.07) is 19.6. The number of ether oxygens (including phenoxy) is 2. The Morgan fingerprint density at radius 3 is 2.50 bits per heavy atom. The predicted molar refractivity (Wildman–Crippen MR) is 125 cm³/mol. The molecule has 0 saturated heterocycles. The molecule has 0 fully saturated rings. The van der Waals surface area contributed by atoms with Gasteiger partial charge in [0.25, 0.3) is 0 Å². The molecule has 6 rings (SSSR count). The molecule has 0 unspecified atom stereocenters. The summed E-state index contributed by atoms with van der Waals surface area (Å²) in [5.41, 5.74) is 6.37. The van der Waals surface area contributed by atoms with Crippen LogP contribution in [-0.2, 0) is 6.42 Å². The molecule has 0 bridgehead atoms. The van der Waals surface area contributed by atoms with Crippen molar-refractivity contribution in [2.45, 2.75) is 12.8 Å². The van der Waals surface area contributed by atoms with Crippen molar-refractivity contribution < 1.29 is 9.47 Å². The molecule has 0 radical (unpaired) electrons. The van der Waals surface area contributed by atoms with Crippen molar-refractivity contribution in [3.63, 3.8) is 0 Å². The van der Waals surface area contributed by atoms with Crippen LogP contribution in [-0.4, -0.2) is 13.7 Å². The minimum atomic E-state index is 0.633. The second-order valence-electron chi connectivity index (χ2n) is 7.94. The molecule has 4 aromatic carbocycles. The number of aryl methyl sites for hydroxylation is 1. The first kappa shape index (κ1) is 17.3. The summed E-state index contributed by atoms with van der Waals surface area (Å²) in [5.74, 6) is 1.90. The molecule has 2 aliphatic rings. The van der Waals surface area contributed by atoms with Crippen LogP contribution in [0.4, 0.5) is 0 Å². The van der Waals surface area contributed by atoms with Crippen LogP contribution >= 0.6 is 0 Å². The summed E-state index contributed by atoms with van der Waals surface area (Å²) in [4.78, 5) is 0. The molecule has 0 spiro atoms. The maximum Gasteiger partial charge on any atom is 0.135 e. The summed E-state index contributed by atoms with van der Waals surface area (Å²) < 4.78 is 11.5. The number of hydrogen-bond donors (Lipinski definition) is 0. The van der Waals surface area contributed by atoms with E-state index >= 15 is 0 Å². The lowest BCUT2D eigenvalue weighted by atomic mass is 9.85. The molecule has 0 amide bonds. The normalized spacial score (nSPS) is 14.4. The van der Waals surface area contributed by atoms with Crippen molar-refractivity contribution in [3.05, 3.63) is 83.4 Å². The van der Waals surface area contributed by atoms with E-state index in [1.807, 2.05) is 12.1 Å². The van der Waals surface area contributed by atoms with Gasteiger partial charge in [-0.25, -0.2) is 0 Å². The average Bonchev–Trinajstić information content (AvgIpc) is 2.83. The van der Waals surface area contributed by atoms with E-state index in [-0.39, 0.29) is 0 Å². The molecular formula is C28H22O2. The Morgan fingerprint density at radius 2 is 1.63 bits per heavy atom. The molecule has 30 heavy (non-hydrogen) atoms. The van der Waals surface area contributed by atoms with Gasteiger partial charge in [-0.15, -0.1) is 0 Å². The SMILES string of the molecule is COc1ccc(-c2ccc3c4c(c5ccc6c(c5c3c2)CCC=C6)OCC=C4)cc1. The Hall–Kier alpha value is -3.52. The second-order valence-corrected chi connectivity index (χ2v) is 7.94. The van der Waals surface area contributed by atoms with Gasteiger partial charge < -0.3 is 9.47 Å². The fourth-order valence-corrected chi connectivity index (χ4v) is 4.86. The number of hydrogen-bond acceptors (Lipinski definition) is 2. The summed E-state index contributed by atoms with van der Waals surface area (Å²) in [7, 11) is 1.70. The average molecular weight is 390 g/mol. The monoisotopic (exact) mass is 390 g/mol. The molecule has 1 aliphatic carbocycles. The van der Waals surface area contributed by atoms with Crippen LogP contribution < -0.4 is 9.47 Å². The smallest absolute Gasteiger partial charge is 0.135 e. The molecule has 146 valence electrons. The van der Waals surface area contributed by atoms with E-state index in [1.165, 1.54) is 49.4 Å². The molecule has 0 aromatic heterocycles. The molecular weight excluding hydrogens is 368 g/mol. The maximum absolute atomic E-state index is 6.16. The highest BCUT2D eigenvalue weighted by molar-refractivity contribution is 6.17. The van der Waals surface area contributed by atoms with Crippen LogP contribution in [0.25, 0.3) is 44.8 Å². The summed E-state index contributed by atoms with van der Waals surface area (Å²) in [5, 5.41) is 5.13. The fraction of sp³-hybridized carbons (Fsp3) is 0.143. The highest BCUT2D eigenvalue weighted by Gasteiger charge is 2.20. The van der Waals surface area contributed by atoms with Gasteiger partial charge in [-0.1, -0.05) is 48.6 Å². The summed E-state index contributed by atoms with van der Waals surface area (Å²) >= 11 is 0. The van der Waals surface area contributed by atoms with E-state index in [9.17, 15) is 0 Å². The molecule has 0 saturated carbocycles. The Bertz CT molecular complexity index is 1360. The van der Waals surface area contributed by atoms with Crippen molar-refractivity contribution in [3.8, 4) is 22.6 Å². The first-order valence-corrected chi connectivity index (χ1v) is 10.5. The standard InChI is InChI=1S/C28H22O2/c1-29-21-12-8-18(9-13-21)20-11-14-23-24-7-4-16-30-28(24)25-15-10-19-5-2-3-6-22(19)27(25)26(23)17-20/h2,4-5,7-15,17H,3,6,16H2,1H3. The van der Waals surface area contributed by atoms with Crippen LogP contribution in [0.15, 0.2) is 66.7 Å². The van der Waals surface area contributed by atoms with Gasteiger partial charge in [0, 0.05) is 10.9 Å². The second kappa shape index (κ2) is 6.77. The fourth-order valence-electron chi connectivity index (χ4n) is 4.86. The number of benzene rings is 4. The highest BCUT2D eigenvalue weighted by atomic mass is 16.5. The summed E-state index contributed by atoms with van der Waals surface area (Å²) in [6.45, 7) is 0.633. The molecule has 0 atom stereocenters. The van der Waals surface area contributed by atoms with Gasteiger partial charge in [0.2, 0.25) is 0 Å². The lowest BCUT2D eigenvalue weighted by Crippen LogP contribution is -2.04. The zero-order valence-electron chi connectivity index (χ0n) is 16.9. The Labute approximate surface area is 176 Å². The van der Waals surface area contributed by atoms with Gasteiger partial charge in [-0.2, -0.15) is 0 Å². The van der Waals surface area contributed by atoms with E-state index in [0.29, 0.717) is 6.61 Å². The van der Waals surface area contributed by atoms with E-state index in [1.54, 1.807) is 7.11 Å². The van der Waals surface area contributed by atoms with Crippen molar-refractivity contribution in [1.29, 1.82) is 0 Å². The van der Waals surface area contributed by atoms with E-state index in [2.05, 4.69) is 66.8 Å². The van der Waals surface area contributed by atoms with Gasteiger partial charge in [0.15, 0.2) is 0 Å². The molecule has 4 aromatic rings. The zero-order chi connectivity index (χ0) is 20.1. The molecule has 0 N–H and O–H groups in total. The van der Waals surface area contributed by atoms with Crippen LogP contribution in [0.3, 0.4) is 0 Å². The molecule has 2 nitrogen and oxygen atoms in total. The third kappa shape index (κ3) is 2.57. The zero-order valence-corrected chi connectivity index (χ0v) is 16.9. The maximum atomic E-state index is 6.16. The van der Waals surface area contributed by atoms with Crippen LogP contribution in [0, 0.1) is 0 Å². The lowest BCUT2D eigenvalue weighted by Gasteiger charge is -2.22. The van der Waals surface area contributed by atoms with Crippen LogP contribution in [0.2, 0.25) is 0 Å². The van der Waals surface area contributed by atoms with Crippen molar-refractivity contribution in [2.24, 2.45) is 0 Å². The first-order chi connectivity index (χ1) is 14.8. The van der Waals surface area contributed by atoms with Gasteiger partial charge in [0.1, 0.15) is 18.1 Å². The third-order valence-corrected chi connectivity index (χ3v) is 6.31. The van der Waals surface area contributed by atoms with Gasteiger partial charge in [-0.3, -0.25) is 0 Å². The number of allylic oxidation sites excluding steroid dienone is 1. The number of rotatable bonds is 2. The van der Waals surface area contributed by atoms with Gasteiger partial charge in [-0.05, 0) is 81.6 Å². The van der Waals surface area contributed by atoms with E-state index in [0.717, 1.165) is 24.3 Å². The molecule has 2 heteroatoms. The molecule has 1 heterocycles. The minimum Gasteiger partial charge on any atom is -0.497 e. The predicted octanol–water partition coefficient (Wildman–Crippen LogP) is 7.03. The van der Waals surface area contributed by atoms with E-state index < -0.39 is 0 Å². The lowest BCUT2D eigenvalue weighted by molar-refractivity contribution is 0.363. The highest BCUT2D eigenvalue weighted by Crippen LogP contribution is 2.44. The quantitative estimate of drug-likeness (QED) is 0.342. The van der Waals surface area contributed by atoms with Crippen LogP contribution in [0.5, 0.6) is 11.5 Å². The number of fused-ring (bicyclic) bond motifs is 8. The number of methoxy groups -OCH3 is 1. The van der Waals surface area contributed by atoms with Crippen molar-refractivity contribution >= 4 is 33.7 Å².